The van der Waals surface area contributed by atoms with Crippen LogP contribution in [-0.2, 0) is 6.61 Å². The Morgan fingerprint density at radius 2 is 2.33 bits per heavy atom. The van der Waals surface area contributed by atoms with E-state index < -0.39 is 0 Å². The van der Waals surface area contributed by atoms with Crippen molar-refractivity contribution in [3.05, 3.63) is 23.0 Å². The fraction of sp³-hybridized carbons (Fsp3) is 0.375. The van der Waals surface area contributed by atoms with Crippen LogP contribution < -0.4 is 4.74 Å². The van der Waals surface area contributed by atoms with Crippen LogP contribution in [0, 0.1) is 0 Å². The van der Waals surface area contributed by atoms with Crippen LogP contribution in [0.4, 0.5) is 0 Å². The molecule has 12 heavy (non-hydrogen) atoms. The Bertz CT molecular complexity index is 265. The average Bonchev–Trinajstić information content (AvgIpc) is 2.05. The molecule has 0 aliphatic heterocycles. The molecule has 0 spiro atoms. The normalized spacial score (nSPS) is 9.92. The summed E-state index contributed by atoms with van der Waals surface area (Å²) in [6.45, 7) is 2.27. The van der Waals surface area contributed by atoms with Crippen molar-refractivity contribution in [1.82, 2.24) is 4.98 Å². The number of hydrogen-bond donors (Lipinski definition) is 1. The summed E-state index contributed by atoms with van der Waals surface area (Å²) >= 11 is 5.76. The number of halogens is 1. The first-order valence-corrected chi connectivity index (χ1v) is 4.03. The molecular formula is C8H10ClNO2. The Hall–Kier alpha value is -0.800. The molecule has 66 valence electrons. The third-order valence-electron chi connectivity index (χ3n) is 1.42. The molecule has 1 aromatic heterocycles. The minimum atomic E-state index is -0.128. The Labute approximate surface area is 76.0 Å². The largest absolute Gasteiger partial charge is 0.492 e. The maximum Gasteiger partial charge on any atom is 0.144 e. The van der Waals surface area contributed by atoms with Gasteiger partial charge in [0, 0.05) is 11.8 Å². The second-order valence-electron chi connectivity index (χ2n) is 2.19. The van der Waals surface area contributed by atoms with Crippen molar-refractivity contribution in [3.63, 3.8) is 0 Å². The SMILES string of the molecule is CCOc1cncc(Cl)c1CO. The van der Waals surface area contributed by atoms with Gasteiger partial charge >= 0.3 is 0 Å². The molecule has 1 heterocycles. The second-order valence-corrected chi connectivity index (χ2v) is 2.60. The summed E-state index contributed by atoms with van der Waals surface area (Å²) in [5.74, 6) is 0.549. The average molecular weight is 188 g/mol. The van der Waals surface area contributed by atoms with Crippen molar-refractivity contribution in [2.24, 2.45) is 0 Å². The lowest BCUT2D eigenvalue weighted by Gasteiger charge is -2.07. The van der Waals surface area contributed by atoms with Gasteiger partial charge in [0.1, 0.15) is 5.75 Å². The number of ether oxygens (including phenoxy) is 1. The van der Waals surface area contributed by atoms with E-state index in [1.54, 1.807) is 6.20 Å². The first-order valence-electron chi connectivity index (χ1n) is 3.65. The van der Waals surface area contributed by atoms with E-state index in [0.717, 1.165) is 0 Å². The van der Waals surface area contributed by atoms with Crippen LogP contribution in [0.5, 0.6) is 5.75 Å². The van der Waals surface area contributed by atoms with Gasteiger partial charge in [-0.05, 0) is 6.92 Å². The highest BCUT2D eigenvalue weighted by molar-refractivity contribution is 6.31. The van der Waals surface area contributed by atoms with Crippen LogP contribution in [-0.4, -0.2) is 16.7 Å². The van der Waals surface area contributed by atoms with Crippen LogP contribution in [0.3, 0.4) is 0 Å². The van der Waals surface area contributed by atoms with E-state index in [9.17, 15) is 0 Å². The quantitative estimate of drug-likeness (QED) is 0.782. The minimum Gasteiger partial charge on any atom is -0.492 e. The van der Waals surface area contributed by atoms with Gasteiger partial charge in [-0.1, -0.05) is 11.6 Å². The zero-order chi connectivity index (χ0) is 8.97. The third-order valence-corrected chi connectivity index (χ3v) is 1.75. The first-order chi connectivity index (χ1) is 5.79. The van der Waals surface area contributed by atoms with Crippen molar-refractivity contribution < 1.29 is 9.84 Å². The molecule has 0 aliphatic carbocycles. The van der Waals surface area contributed by atoms with Gasteiger partial charge in [-0.15, -0.1) is 0 Å². The van der Waals surface area contributed by atoms with Gasteiger partial charge in [-0.3, -0.25) is 4.98 Å². The molecule has 0 bridgehead atoms. The Balaban J connectivity index is 3.00. The standard InChI is InChI=1S/C8H10ClNO2/c1-2-12-8-4-10-3-7(9)6(8)5-11/h3-4,11H,2,5H2,1H3. The van der Waals surface area contributed by atoms with E-state index in [-0.39, 0.29) is 6.61 Å². The highest BCUT2D eigenvalue weighted by Gasteiger charge is 2.06. The van der Waals surface area contributed by atoms with Gasteiger partial charge < -0.3 is 9.84 Å². The Morgan fingerprint density at radius 3 is 2.92 bits per heavy atom. The number of aromatic nitrogens is 1. The van der Waals surface area contributed by atoms with E-state index >= 15 is 0 Å². The number of aliphatic hydroxyl groups excluding tert-OH is 1. The first kappa shape index (κ1) is 9.29. The Kier molecular flexibility index (Phi) is 3.31. The highest BCUT2D eigenvalue weighted by Crippen LogP contribution is 2.24. The second kappa shape index (κ2) is 4.28. The summed E-state index contributed by atoms with van der Waals surface area (Å²) < 4.78 is 5.20. The summed E-state index contributed by atoms with van der Waals surface area (Å²) in [4.78, 5) is 3.84. The molecule has 3 nitrogen and oxygen atoms in total. The molecule has 0 atom stereocenters. The number of rotatable bonds is 3. The smallest absolute Gasteiger partial charge is 0.144 e. The van der Waals surface area contributed by atoms with E-state index in [0.29, 0.717) is 22.9 Å². The van der Waals surface area contributed by atoms with Crippen LogP contribution in [0.25, 0.3) is 0 Å². The molecule has 0 aliphatic rings. The third kappa shape index (κ3) is 1.87. The topological polar surface area (TPSA) is 42.4 Å². The van der Waals surface area contributed by atoms with Crippen molar-refractivity contribution in [1.29, 1.82) is 0 Å². The van der Waals surface area contributed by atoms with Crippen molar-refractivity contribution in [2.45, 2.75) is 13.5 Å². The molecular weight excluding hydrogens is 178 g/mol. The summed E-state index contributed by atoms with van der Waals surface area (Å²) in [6.07, 6.45) is 3.02. The number of nitrogens with zero attached hydrogens (tertiary/aromatic N) is 1. The van der Waals surface area contributed by atoms with Crippen molar-refractivity contribution >= 4 is 11.6 Å². The fourth-order valence-electron chi connectivity index (χ4n) is 0.877. The van der Waals surface area contributed by atoms with Gasteiger partial charge in [0.15, 0.2) is 0 Å². The fourth-order valence-corrected chi connectivity index (χ4v) is 1.09. The Morgan fingerprint density at radius 1 is 1.58 bits per heavy atom. The maximum atomic E-state index is 8.93. The molecule has 0 saturated heterocycles. The van der Waals surface area contributed by atoms with Gasteiger partial charge in [0.05, 0.1) is 24.4 Å². The maximum absolute atomic E-state index is 8.93. The van der Waals surface area contributed by atoms with Gasteiger partial charge in [-0.25, -0.2) is 0 Å². The summed E-state index contributed by atoms with van der Waals surface area (Å²) in [7, 11) is 0. The number of hydrogen-bond acceptors (Lipinski definition) is 3. The lowest BCUT2D eigenvalue weighted by Crippen LogP contribution is -1.98. The molecule has 1 rings (SSSR count). The van der Waals surface area contributed by atoms with E-state index in [1.165, 1.54) is 6.20 Å². The zero-order valence-electron chi connectivity index (χ0n) is 6.75. The van der Waals surface area contributed by atoms with Gasteiger partial charge in [0.25, 0.3) is 0 Å². The van der Waals surface area contributed by atoms with E-state index in [1.807, 2.05) is 6.92 Å². The van der Waals surface area contributed by atoms with Crippen LogP contribution in [0.2, 0.25) is 5.02 Å². The molecule has 1 aromatic rings. The molecule has 1 N–H and O–H groups in total. The number of aliphatic hydroxyl groups is 1. The monoisotopic (exact) mass is 187 g/mol. The minimum absolute atomic E-state index is 0.128. The molecule has 0 saturated carbocycles. The molecule has 4 heteroatoms. The molecule has 0 radical (unpaired) electrons. The lowest BCUT2D eigenvalue weighted by atomic mass is 10.2. The lowest BCUT2D eigenvalue weighted by molar-refractivity contribution is 0.266. The van der Waals surface area contributed by atoms with Gasteiger partial charge in [-0.2, -0.15) is 0 Å². The van der Waals surface area contributed by atoms with Crippen molar-refractivity contribution in [2.75, 3.05) is 6.61 Å². The van der Waals surface area contributed by atoms with E-state index in [2.05, 4.69) is 4.98 Å². The predicted octanol–water partition coefficient (Wildman–Crippen LogP) is 1.63. The van der Waals surface area contributed by atoms with Crippen LogP contribution >= 0.6 is 11.6 Å². The molecule has 0 unspecified atom stereocenters. The van der Waals surface area contributed by atoms with Gasteiger partial charge in [0.2, 0.25) is 0 Å². The highest BCUT2D eigenvalue weighted by atomic mass is 35.5. The van der Waals surface area contributed by atoms with E-state index in [4.69, 9.17) is 21.4 Å². The van der Waals surface area contributed by atoms with Crippen molar-refractivity contribution in [3.8, 4) is 5.75 Å². The number of pyridine rings is 1. The molecule has 0 amide bonds. The summed E-state index contributed by atoms with van der Waals surface area (Å²) in [5.41, 5.74) is 0.591. The zero-order valence-corrected chi connectivity index (χ0v) is 7.51. The predicted molar refractivity (Wildman–Crippen MR) is 46.3 cm³/mol. The van der Waals surface area contributed by atoms with Crippen LogP contribution in [0.15, 0.2) is 12.4 Å². The molecule has 0 fully saturated rings. The summed E-state index contributed by atoms with van der Waals surface area (Å²) in [6, 6.07) is 0. The van der Waals surface area contributed by atoms with Crippen LogP contribution in [0.1, 0.15) is 12.5 Å². The summed E-state index contributed by atoms with van der Waals surface area (Å²) in [5, 5.41) is 9.37. The molecule has 0 aromatic carbocycles.